The van der Waals surface area contributed by atoms with E-state index in [9.17, 15) is 0 Å². The molecule has 1 heterocycles. The van der Waals surface area contributed by atoms with E-state index in [2.05, 4.69) is 33.8 Å². The van der Waals surface area contributed by atoms with Crippen LogP contribution in [-0.4, -0.2) is 12.2 Å². The van der Waals surface area contributed by atoms with Crippen molar-refractivity contribution in [1.29, 1.82) is 0 Å². The molecule has 3 atom stereocenters. The molecule has 1 fully saturated rings. The first-order valence-electron chi connectivity index (χ1n) is 4.93. The molecule has 1 heteroatoms. The highest BCUT2D eigenvalue weighted by Gasteiger charge is 2.26. The van der Waals surface area contributed by atoms with Gasteiger partial charge < -0.3 is 4.74 Å². The van der Waals surface area contributed by atoms with E-state index < -0.39 is 0 Å². The average Bonchev–Trinajstić information content (AvgIpc) is 2.03. The van der Waals surface area contributed by atoms with Gasteiger partial charge in [-0.2, -0.15) is 0 Å². The van der Waals surface area contributed by atoms with Crippen LogP contribution in [-0.2, 0) is 4.74 Å². The van der Waals surface area contributed by atoms with E-state index in [-0.39, 0.29) is 0 Å². The monoisotopic (exact) mass is 168 g/mol. The lowest BCUT2D eigenvalue weighted by Gasteiger charge is -2.33. The van der Waals surface area contributed by atoms with Crippen molar-refractivity contribution in [2.75, 3.05) is 0 Å². The lowest BCUT2D eigenvalue weighted by molar-refractivity contribution is -0.0546. The van der Waals surface area contributed by atoms with Crippen molar-refractivity contribution in [2.24, 2.45) is 5.92 Å². The largest absolute Gasteiger partial charge is 0.375 e. The predicted molar refractivity (Wildman–Crippen MR) is 52.2 cm³/mol. The molecule has 1 aliphatic rings. The van der Waals surface area contributed by atoms with Crippen LogP contribution in [0, 0.1) is 5.92 Å². The van der Waals surface area contributed by atoms with Gasteiger partial charge in [0.25, 0.3) is 0 Å². The zero-order valence-corrected chi connectivity index (χ0v) is 8.63. The summed E-state index contributed by atoms with van der Waals surface area (Å²) >= 11 is 0. The van der Waals surface area contributed by atoms with Crippen LogP contribution in [0.4, 0.5) is 0 Å². The van der Waals surface area contributed by atoms with Crippen LogP contribution >= 0.6 is 0 Å². The summed E-state index contributed by atoms with van der Waals surface area (Å²) in [4.78, 5) is 0. The fourth-order valence-corrected chi connectivity index (χ4v) is 1.99. The predicted octanol–water partition coefficient (Wildman–Crippen LogP) is 3.16. The Balaban J connectivity index is 2.56. The molecule has 1 rings (SSSR count). The molecular formula is C11H20O. The van der Waals surface area contributed by atoms with Crippen LogP contribution < -0.4 is 0 Å². The van der Waals surface area contributed by atoms with Gasteiger partial charge in [0.15, 0.2) is 0 Å². The molecule has 0 amide bonds. The maximum absolute atomic E-state index is 5.78. The molecule has 0 bridgehead atoms. The second-order valence-corrected chi connectivity index (χ2v) is 3.87. The summed E-state index contributed by atoms with van der Waals surface area (Å²) in [5.41, 5.74) is 1.48. The fourth-order valence-electron chi connectivity index (χ4n) is 1.99. The Hall–Kier alpha value is -0.300. The Morgan fingerprint density at radius 3 is 2.50 bits per heavy atom. The van der Waals surface area contributed by atoms with E-state index in [1.807, 2.05) is 0 Å². The molecule has 0 radical (unpaired) electrons. The van der Waals surface area contributed by atoms with Crippen molar-refractivity contribution in [3.05, 3.63) is 11.6 Å². The molecule has 70 valence electrons. The van der Waals surface area contributed by atoms with E-state index in [1.165, 1.54) is 18.4 Å². The molecule has 0 aromatic carbocycles. The average molecular weight is 168 g/mol. The van der Waals surface area contributed by atoms with E-state index in [1.54, 1.807) is 0 Å². The third kappa shape index (κ3) is 2.10. The highest BCUT2D eigenvalue weighted by molar-refractivity contribution is 5.05. The summed E-state index contributed by atoms with van der Waals surface area (Å²) in [5.74, 6) is 0.659. The lowest BCUT2D eigenvalue weighted by atomic mass is 9.87. The second-order valence-electron chi connectivity index (χ2n) is 3.87. The van der Waals surface area contributed by atoms with Crippen LogP contribution in [0.5, 0.6) is 0 Å². The summed E-state index contributed by atoms with van der Waals surface area (Å²) in [6.45, 7) is 8.67. The summed E-state index contributed by atoms with van der Waals surface area (Å²) in [6.07, 6.45) is 5.57. The van der Waals surface area contributed by atoms with Gasteiger partial charge in [0.2, 0.25) is 0 Å². The minimum Gasteiger partial charge on any atom is -0.375 e. The SMILES string of the molecule is C/C=C(\C)[C@H]1CC[C@H](C)O[C@@H]1C. The molecule has 1 saturated heterocycles. The van der Waals surface area contributed by atoms with E-state index >= 15 is 0 Å². The summed E-state index contributed by atoms with van der Waals surface area (Å²) in [5, 5.41) is 0. The van der Waals surface area contributed by atoms with Gasteiger partial charge in [-0.05, 0) is 40.5 Å². The summed E-state index contributed by atoms with van der Waals surface area (Å²) in [7, 11) is 0. The fraction of sp³-hybridized carbons (Fsp3) is 0.818. The summed E-state index contributed by atoms with van der Waals surface area (Å²) < 4.78 is 5.78. The number of rotatable bonds is 1. The Labute approximate surface area is 75.8 Å². The first kappa shape index (κ1) is 9.79. The smallest absolute Gasteiger partial charge is 0.0615 e. The quantitative estimate of drug-likeness (QED) is 0.546. The highest BCUT2D eigenvalue weighted by Crippen LogP contribution is 2.29. The van der Waals surface area contributed by atoms with E-state index in [0.717, 1.165) is 0 Å². The minimum absolute atomic E-state index is 0.407. The van der Waals surface area contributed by atoms with Crippen molar-refractivity contribution in [3.8, 4) is 0 Å². The molecule has 0 aromatic heterocycles. The maximum Gasteiger partial charge on any atom is 0.0615 e. The molecule has 0 unspecified atom stereocenters. The Bertz CT molecular complexity index is 172. The minimum atomic E-state index is 0.407. The van der Waals surface area contributed by atoms with Gasteiger partial charge in [0.1, 0.15) is 0 Å². The third-order valence-electron chi connectivity index (χ3n) is 2.94. The molecular weight excluding hydrogens is 148 g/mol. The Kier molecular flexibility index (Phi) is 3.33. The van der Waals surface area contributed by atoms with Crippen LogP contribution in [0.25, 0.3) is 0 Å². The molecule has 1 nitrogen and oxygen atoms in total. The van der Waals surface area contributed by atoms with Crippen LogP contribution in [0.1, 0.15) is 40.5 Å². The zero-order valence-electron chi connectivity index (χ0n) is 8.63. The van der Waals surface area contributed by atoms with Gasteiger partial charge in [-0.25, -0.2) is 0 Å². The topological polar surface area (TPSA) is 9.23 Å². The molecule has 0 N–H and O–H groups in total. The number of hydrogen-bond donors (Lipinski definition) is 0. The van der Waals surface area contributed by atoms with Crippen LogP contribution in [0.15, 0.2) is 11.6 Å². The lowest BCUT2D eigenvalue weighted by Crippen LogP contribution is -2.32. The second kappa shape index (κ2) is 4.08. The Morgan fingerprint density at radius 1 is 1.33 bits per heavy atom. The van der Waals surface area contributed by atoms with E-state index in [4.69, 9.17) is 4.74 Å². The molecule has 12 heavy (non-hydrogen) atoms. The molecule has 0 saturated carbocycles. The molecule has 1 aliphatic heterocycles. The normalized spacial score (nSPS) is 38.3. The number of allylic oxidation sites excluding steroid dienone is 1. The van der Waals surface area contributed by atoms with Gasteiger partial charge in [-0.15, -0.1) is 0 Å². The summed E-state index contributed by atoms with van der Waals surface area (Å²) in [6, 6.07) is 0. The van der Waals surface area contributed by atoms with Gasteiger partial charge >= 0.3 is 0 Å². The standard InChI is InChI=1S/C11H20O/c1-5-8(2)11-7-6-9(3)12-10(11)4/h5,9-11H,6-7H2,1-4H3/b8-5+/t9-,10+,11+/m0/s1. The van der Waals surface area contributed by atoms with Crippen LogP contribution in [0.2, 0.25) is 0 Å². The van der Waals surface area contributed by atoms with Gasteiger partial charge in [-0.3, -0.25) is 0 Å². The molecule has 0 aliphatic carbocycles. The van der Waals surface area contributed by atoms with Crippen LogP contribution in [0.3, 0.4) is 0 Å². The highest BCUT2D eigenvalue weighted by atomic mass is 16.5. The van der Waals surface area contributed by atoms with Gasteiger partial charge in [-0.1, -0.05) is 11.6 Å². The third-order valence-corrected chi connectivity index (χ3v) is 2.94. The van der Waals surface area contributed by atoms with Crippen molar-refractivity contribution < 1.29 is 4.74 Å². The van der Waals surface area contributed by atoms with Gasteiger partial charge in [0, 0.05) is 5.92 Å². The number of hydrogen-bond acceptors (Lipinski definition) is 1. The van der Waals surface area contributed by atoms with Crippen molar-refractivity contribution in [2.45, 2.75) is 52.7 Å². The zero-order chi connectivity index (χ0) is 9.14. The van der Waals surface area contributed by atoms with Crippen molar-refractivity contribution in [3.63, 3.8) is 0 Å². The first-order chi connectivity index (χ1) is 5.65. The van der Waals surface area contributed by atoms with E-state index in [0.29, 0.717) is 18.1 Å². The first-order valence-corrected chi connectivity index (χ1v) is 4.93. The Morgan fingerprint density at radius 2 is 2.00 bits per heavy atom. The van der Waals surface area contributed by atoms with Crippen molar-refractivity contribution in [1.82, 2.24) is 0 Å². The maximum atomic E-state index is 5.78. The number of ether oxygens (including phenoxy) is 1. The van der Waals surface area contributed by atoms with Crippen molar-refractivity contribution >= 4 is 0 Å². The van der Waals surface area contributed by atoms with Gasteiger partial charge in [0.05, 0.1) is 12.2 Å². The molecule has 0 aromatic rings. The molecule has 0 spiro atoms.